The molecule has 0 aliphatic carbocycles. The van der Waals surface area contributed by atoms with Crippen LogP contribution in [0.2, 0.25) is 5.02 Å². The summed E-state index contributed by atoms with van der Waals surface area (Å²) in [5, 5.41) is 15.2. The maximum atomic E-state index is 11.6. The molecule has 0 aliphatic heterocycles. The Morgan fingerprint density at radius 1 is 1.17 bits per heavy atom. The lowest BCUT2D eigenvalue weighted by Gasteiger charge is -2.19. The number of hydrogen-bond acceptors (Lipinski definition) is 7. The van der Waals surface area contributed by atoms with Crippen LogP contribution in [-0.2, 0) is 0 Å². The van der Waals surface area contributed by atoms with Gasteiger partial charge in [0.2, 0.25) is 17.7 Å². The van der Waals surface area contributed by atoms with E-state index in [1.165, 1.54) is 6.20 Å². The van der Waals surface area contributed by atoms with E-state index in [4.69, 9.17) is 11.6 Å². The van der Waals surface area contributed by atoms with Crippen molar-refractivity contribution in [3.8, 4) is 0 Å². The standard InChI is InChI=1S/C19H16ClN7O2/c1-2-26(19-23-14-5-3-4-6-15(14)24-19)17-16(27(28)29)11-21-18(25-17)22-13-9-7-12(20)8-10-13/h3-11H,2H2,1H3,(H,23,24)(H,21,22,25). The van der Waals surface area contributed by atoms with Gasteiger partial charge in [0.25, 0.3) is 0 Å². The molecule has 4 rings (SSSR count). The number of aromatic amines is 1. The molecular formula is C19H16ClN7O2. The van der Waals surface area contributed by atoms with E-state index >= 15 is 0 Å². The van der Waals surface area contributed by atoms with Crippen LogP contribution in [0.1, 0.15) is 6.92 Å². The molecule has 10 heteroatoms. The van der Waals surface area contributed by atoms with E-state index in [2.05, 4.69) is 25.3 Å². The van der Waals surface area contributed by atoms with Gasteiger partial charge >= 0.3 is 5.69 Å². The van der Waals surface area contributed by atoms with Crippen molar-refractivity contribution in [2.24, 2.45) is 0 Å². The fraction of sp³-hybridized carbons (Fsp3) is 0.105. The van der Waals surface area contributed by atoms with Crippen molar-refractivity contribution in [1.82, 2.24) is 19.9 Å². The minimum absolute atomic E-state index is 0.142. The maximum absolute atomic E-state index is 11.6. The first-order valence-corrected chi connectivity index (χ1v) is 9.19. The monoisotopic (exact) mass is 409 g/mol. The van der Waals surface area contributed by atoms with Crippen LogP contribution in [0.3, 0.4) is 0 Å². The van der Waals surface area contributed by atoms with Gasteiger partial charge in [-0.05, 0) is 43.3 Å². The first-order valence-electron chi connectivity index (χ1n) is 8.81. The van der Waals surface area contributed by atoms with Crippen molar-refractivity contribution in [3.05, 3.63) is 69.9 Å². The third-order valence-corrected chi connectivity index (χ3v) is 4.50. The van der Waals surface area contributed by atoms with E-state index in [1.54, 1.807) is 29.2 Å². The Labute approximate surface area is 170 Å². The third-order valence-electron chi connectivity index (χ3n) is 4.25. The van der Waals surface area contributed by atoms with Gasteiger partial charge in [0.1, 0.15) is 6.20 Å². The zero-order valence-electron chi connectivity index (χ0n) is 15.3. The molecule has 146 valence electrons. The fourth-order valence-electron chi connectivity index (χ4n) is 2.88. The molecular weight excluding hydrogens is 394 g/mol. The number of H-pyrrole nitrogens is 1. The predicted octanol–water partition coefficient (Wildman–Crippen LogP) is 4.82. The molecule has 0 spiro atoms. The highest BCUT2D eigenvalue weighted by Gasteiger charge is 2.25. The van der Waals surface area contributed by atoms with Crippen LogP contribution >= 0.6 is 11.6 Å². The first-order chi connectivity index (χ1) is 14.0. The number of nitrogens with zero attached hydrogens (tertiary/aromatic N) is 5. The molecule has 0 amide bonds. The van der Waals surface area contributed by atoms with Crippen LogP contribution < -0.4 is 10.2 Å². The highest BCUT2D eigenvalue weighted by atomic mass is 35.5. The predicted molar refractivity (Wildman–Crippen MR) is 112 cm³/mol. The van der Waals surface area contributed by atoms with Crippen LogP contribution in [0.4, 0.5) is 29.1 Å². The summed E-state index contributed by atoms with van der Waals surface area (Å²) in [4.78, 5) is 28.9. The Hall–Kier alpha value is -3.72. The number of fused-ring (bicyclic) bond motifs is 1. The lowest BCUT2D eigenvalue weighted by molar-refractivity contribution is -0.384. The minimum atomic E-state index is -0.507. The van der Waals surface area contributed by atoms with Crippen LogP contribution in [0.15, 0.2) is 54.7 Å². The molecule has 0 atom stereocenters. The molecule has 0 saturated heterocycles. The van der Waals surface area contributed by atoms with Crippen molar-refractivity contribution < 1.29 is 4.92 Å². The summed E-state index contributed by atoms with van der Waals surface area (Å²) < 4.78 is 0. The molecule has 2 aromatic heterocycles. The van der Waals surface area contributed by atoms with Gasteiger partial charge in [-0.15, -0.1) is 0 Å². The lowest BCUT2D eigenvalue weighted by atomic mass is 10.3. The fourth-order valence-corrected chi connectivity index (χ4v) is 3.01. The van der Waals surface area contributed by atoms with E-state index in [0.717, 1.165) is 11.0 Å². The van der Waals surface area contributed by atoms with Crippen LogP contribution in [0.25, 0.3) is 11.0 Å². The topological polar surface area (TPSA) is 113 Å². The number of para-hydroxylation sites is 2. The molecule has 0 radical (unpaired) electrons. The average molecular weight is 410 g/mol. The molecule has 2 heterocycles. The summed E-state index contributed by atoms with van der Waals surface area (Å²) in [5.41, 5.74) is 2.09. The normalized spacial score (nSPS) is 10.8. The molecule has 2 N–H and O–H groups in total. The van der Waals surface area contributed by atoms with E-state index in [0.29, 0.717) is 23.2 Å². The van der Waals surface area contributed by atoms with E-state index in [9.17, 15) is 10.1 Å². The molecule has 29 heavy (non-hydrogen) atoms. The lowest BCUT2D eigenvalue weighted by Crippen LogP contribution is -2.21. The van der Waals surface area contributed by atoms with Gasteiger partial charge < -0.3 is 10.3 Å². The van der Waals surface area contributed by atoms with E-state index in [-0.39, 0.29) is 17.5 Å². The highest BCUT2D eigenvalue weighted by Crippen LogP contribution is 2.32. The van der Waals surface area contributed by atoms with Crippen molar-refractivity contribution in [3.63, 3.8) is 0 Å². The summed E-state index contributed by atoms with van der Waals surface area (Å²) in [5.74, 6) is 0.832. The Balaban J connectivity index is 1.76. The van der Waals surface area contributed by atoms with Crippen molar-refractivity contribution >= 4 is 51.7 Å². The van der Waals surface area contributed by atoms with Gasteiger partial charge in [-0.3, -0.25) is 15.0 Å². The van der Waals surface area contributed by atoms with E-state index in [1.807, 2.05) is 31.2 Å². The summed E-state index contributed by atoms with van der Waals surface area (Å²) in [6, 6.07) is 14.5. The zero-order chi connectivity index (χ0) is 20.4. The molecule has 0 unspecified atom stereocenters. The second-order valence-corrected chi connectivity index (χ2v) is 6.55. The zero-order valence-corrected chi connectivity index (χ0v) is 16.1. The quantitative estimate of drug-likeness (QED) is 0.346. The van der Waals surface area contributed by atoms with Gasteiger partial charge in [0.15, 0.2) is 0 Å². The number of anilines is 4. The maximum Gasteiger partial charge on any atom is 0.330 e. The molecule has 4 aromatic rings. The SMILES string of the molecule is CCN(c1nc2ccccc2[nH]1)c1nc(Nc2ccc(Cl)cc2)ncc1[N+](=O)[O-]. The van der Waals surface area contributed by atoms with Gasteiger partial charge in [0, 0.05) is 17.3 Å². The smallest absolute Gasteiger partial charge is 0.324 e. The van der Waals surface area contributed by atoms with Crippen LogP contribution in [0, 0.1) is 10.1 Å². The number of hydrogen-bond donors (Lipinski definition) is 2. The van der Waals surface area contributed by atoms with Gasteiger partial charge in [-0.2, -0.15) is 4.98 Å². The highest BCUT2D eigenvalue weighted by molar-refractivity contribution is 6.30. The number of nitro groups is 1. The third kappa shape index (κ3) is 3.81. The van der Waals surface area contributed by atoms with E-state index < -0.39 is 4.92 Å². The largest absolute Gasteiger partial charge is 0.330 e. The summed E-state index contributed by atoms with van der Waals surface area (Å²) in [6.45, 7) is 2.28. The Morgan fingerprint density at radius 3 is 2.62 bits per heavy atom. The Morgan fingerprint density at radius 2 is 1.93 bits per heavy atom. The van der Waals surface area contributed by atoms with Crippen LogP contribution in [-0.4, -0.2) is 31.4 Å². The minimum Gasteiger partial charge on any atom is -0.324 e. The van der Waals surface area contributed by atoms with Crippen molar-refractivity contribution in [2.45, 2.75) is 6.92 Å². The summed E-state index contributed by atoms with van der Waals surface area (Å²) in [6.07, 6.45) is 1.19. The molecule has 2 aromatic carbocycles. The number of nitrogens with one attached hydrogen (secondary N) is 2. The van der Waals surface area contributed by atoms with Gasteiger partial charge in [-0.25, -0.2) is 9.97 Å². The number of halogens is 1. The second-order valence-electron chi connectivity index (χ2n) is 6.11. The first kappa shape index (κ1) is 18.6. The number of rotatable bonds is 6. The van der Waals surface area contributed by atoms with Crippen molar-refractivity contribution in [2.75, 3.05) is 16.8 Å². The molecule has 0 fully saturated rings. The summed E-state index contributed by atoms with van der Waals surface area (Å²) in [7, 11) is 0. The average Bonchev–Trinajstić information content (AvgIpc) is 3.14. The second kappa shape index (κ2) is 7.72. The number of imidazole rings is 1. The molecule has 0 bridgehead atoms. The van der Waals surface area contributed by atoms with Crippen LogP contribution in [0.5, 0.6) is 0 Å². The Kier molecular flexibility index (Phi) is 4.96. The summed E-state index contributed by atoms with van der Waals surface area (Å²) >= 11 is 5.91. The van der Waals surface area contributed by atoms with Gasteiger partial charge in [0.05, 0.1) is 16.0 Å². The Bertz CT molecular complexity index is 1140. The molecule has 0 saturated carbocycles. The number of aromatic nitrogens is 4. The number of benzene rings is 2. The molecule has 0 aliphatic rings. The molecule has 9 nitrogen and oxygen atoms in total. The van der Waals surface area contributed by atoms with Gasteiger partial charge in [-0.1, -0.05) is 23.7 Å². The van der Waals surface area contributed by atoms with Crippen molar-refractivity contribution in [1.29, 1.82) is 0 Å².